The molecular formula is C34H36FN3O4. The van der Waals surface area contributed by atoms with Gasteiger partial charge in [0.2, 0.25) is 11.8 Å². The summed E-state index contributed by atoms with van der Waals surface area (Å²) in [6, 6.07) is 23.9. The van der Waals surface area contributed by atoms with Gasteiger partial charge in [0.1, 0.15) is 18.2 Å². The zero-order valence-electron chi connectivity index (χ0n) is 23.9. The molecule has 0 fully saturated rings. The molecule has 1 atom stereocenters. The highest BCUT2D eigenvalue weighted by atomic mass is 19.1. The van der Waals surface area contributed by atoms with Crippen LogP contribution in [-0.4, -0.2) is 35.9 Å². The molecule has 7 nitrogen and oxygen atoms in total. The summed E-state index contributed by atoms with van der Waals surface area (Å²) >= 11 is 0. The number of oxazole rings is 1. The number of aryl methyl sites for hydroxylation is 1. The van der Waals surface area contributed by atoms with E-state index >= 15 is 0 Å². The highest BCUT2D eigenvalue weighted by Gasteiger charge is 2.13. The normalized spacial score (nSPS) is 11.8. The lowest BCUT2D eigenvalue weighted by Crippen LogP contribution is -2.40. The number of carbonyl (C=O) groups is 2. The van der Waals surface area contributed by atoms with Gasteiger partial charge in [0.15, 0.2) is 5.78 Å². The van der Waals surface area contributed by atoms with Crippen LogP contribution in [0.25, 0.3) is 11.5 Å². The molecule has 0 spiro atoms. The lowest BCUT2D eigenvalue weighted by Gasteiger charge is -2.18. The molecule has 4 aromatic rings. The van der Waals surface area contributed by atoms with Gasteiger partial charge < -0.3 is 19.8 Å². The summed E-state index contributed by atoms with van der Waals surface area (Å²) < 4.78 is 24.5. The fraction of sp³-hybridized carbons (Fsp3) is 0.265. The standard InChI is InChI=1S/C34H36FN3O4/c1-3-33(40)37-23-29(36-19-17-32(39)27-13-9-26(22-35)10-14-27)21-25-11-15-30(16-12-25)41-20-18-31-24(2)42-34(38-31)28-7-5-4-6-8-28/h4-17,19,29,36H,3,18,20-23H2,1-2H3,(H,37,40)/b19-17-/t29-/m0/s1. The molecule has 42 heavy (non-hydrogen) atoms. The van der Waals surface area contributed by atoms with Crippen LogP contribution in [0.3, 0.4) is 0 Å². The summed E-state index contributed by atoms with van der Waals surface area (Å²) in [6.07, 6.45) is 4.67. The molecule has 218 valence electrons. The summed E-state index contributed by atoms with van der Waals surface area (Å²) in [4.78, 5) is 29.0. The molecule has 0 aliphatic rings. The van der Waals surface area contributed by atoms with Crippen molar-refractivity contribution in [3.63, 3.8) is 0 Å². The zero-order chi connectivity index (χ0) is 29.7. The van der Waals surface area contributed by atoms with Gasteiger partial charge in [0.05, 0.1) is 12.3 Å². The topological polar surface area (TPSA) is 93.5 Å². The number of hydrogen-bond donors (Lipinski definition) is 2. The van der Waals surface area contributed by atoms with Crippen LogP contribution < -0.4 is 15.4 Å². The SMILES string of the molecule is CCC(=O)NC[C@H](Cc1ccc(OCCc2nc(-c3ccccc3)oc2C)cc1)N/C=C\C(=O)c1ccc(CF)cc1. The largest absolute Gasteiger partial charge is 0.493 e. The molecule has 0 aliphatic heterocycles. The van der Waals surface area contributed by atoms with Gasteiger partial charge in [-0.3, -0.25) is 9.59 Å². The van der Waals surface area contributed by atoms with Crippen LogP contribution in [0.1, 0.15) is 46.3 Å². The van der Waals surface area contributed by atoms with Crippen LogP contribution in [0.5, 0.6) is 5.75 Å². The minimum Gasteiger partial charge on any atom is -0.493 e. The van der Waals surface area contributed by atoms with Gasteiger partial charge in [-0.2, -0.15) is 0 Å². The highest BCUT2D eigenvalue weighted by Crippen LogP contribution is 2.22. The first-order chi connectivity index (χ1) is 20.4. The average Bonchev–Trinajstić information content (AvgIpc) is 3.40. The molecule has 0 saturated carbocycles. The number of halogens is 1. The Morgan fingerprint density at radius 3 is 2.40 bits per heavy atom. The van der Waals surface area contributed by atoms with Crippen molar-refractivity contribution in [2.24, 2.45) is 0 Å². The maximum absolute atomic E-state index is 12.7. The second-order valence-electron chi connectivity index (χ2n) is 9.88. The average molecular weight is 570 g/mol. The van der Waals surface area contributed by atoms with Crippen molar-refractivity contribution in [1.82, 2.24) is 15.6 Å². The third kappa shape index (κ3) is 8.89. The first-order valence-corrected chi connectivity index (χ1v) is 14.1. The van der Waals surface area contributed by atoms with Crippen molar-refractivity contribution in [2.75, 3.05) is 13.2 Å². The van der Waals surface area contributed by atoms with Gasteiger partial charge in [-0.25, -0.2) is 9.37 Å². The number of alkyl halides is 1. The van der Waals surface area contributed by atoms with Crippen molar-refractivity contribution in [3.8, 4) is 17.2 Å². The van der Waals surface area contributed by atoms with Crippen LogP contribution in [0.2, 0.25) is 0 Å². The molecule has 1 aromatic heterocycles. The van der Waals surface area contributed by atoms with E-state index in [-0.39, 0.29) is 17.7 Å². The summed E-state index contributed by atoms with van der Waals surface area (Å²) in [7, 11) is 0. The van der Waals surface area contributed by atoms with E-state index in [1.54, 1.807) is 37.4 Å². The Balaban J connectivity index is 1.30. The molecule has 1 heterocycles. The molecule has 3 aromatic carbocycles. The first-order valence-electron chi connectivity index (χ1n) is 14.1. The number of amides is 1. The van der Waals surface area contributed by atoms with E-state index in [9.17, 15) is 14.0 Å². The molecule has 0 aliphatic carbocycles. The molecule has 1 amide bonds. The number of benzene rings is 3. The number of allylic oxidation sites excluding steroid dienone is 1. The number of ketones is 1. The fourth-order valence-corrected chi connectivity index (χ4v) is 4.30. The van der Waals surface area contributed by atoms with E-state index in [2.05, 4.69) is 15.6 Å². The summed E-state index contributed by atoms with van der Waals surface area (Å²) in [5.41, 5.74) is 3.87. The van der Waals surface area contributed by atoms with Crippen molar-refractivity contribution in [2.45, 2.75) is 45.8 Å². The molecule has 0 unspecified atom stereocenters. The third-order valence-corrected chi connectivity index (χ3v) is 6.75. The van der Waals surface area contributed by atoms with Gasteiger partial charge in [-0.15, -0.1) is 0 Å². The van der Waals surface area contributed by atoms with Gasteiger partial charge in [0, 0.05) is 48.8 Å². The number of ether oxygens (including phenoxy) is 1. The van der Waals surface area contributed by atoms with E-state index in [1.807, 2.05) is 61.5 Å². The van der Waals surface area contributed by atoms with Crippen LogP contribution in [-0.2, 0) is 24.3 Å². The predicted octanol–water partition coefficient (Wildman–Crippen LogP) is 6.16. The van der Waals surface area contributed by atoms with Crippen molar-refractivity contribution < 1.29 is 23.1 Å². The Kier molecular flexibility index (Phi) is 11.0. The van der Waals surface area contributed by atoms with Gasteiger partial charge in [-0.1, -0.05) is 61.5 Å². The number of rotatable bonds is 15. The Bertz CT molecular complexity index is 1470. The first kappa shape index (κ1) is 30.2. The van der Waals surface area contributed by atoms with E-state index in [4.69, 9.17) is 9.15 Å². The quantitative estimate of drug-likeness (QED) is 0.132. The van der Waals surface area contributed by atoms with Crippen molar-refractivity contribution in [3.05, 3.63) is 119 Å². The lowest BCUT2D eigenvalue weighted by atomic mass is 10.1. The Hall–Kier alpha value is -4.72. The van der Waals surface area contributed by atoms with Crippen molar-refractivity contribution >= 4 is 11.7 Å². The highest BCUT2D eigenvalue weighted by molar-refractivity contribution is 6.04. The minimum atomic E-state index is -0.567. The van der Waals surface area contributed by atoms with E-state index < -0.39 is 6.67 Å². The molecule has 0 saturated heterocycles. The summed E-state index contributed by atoms with van der Waals surface area (Å²) in [5, 5.41) is 6.15. The Morgan fingerprint density at radius 2 is 1.71 bits per heavy atom. The number of carbonyl (C=O) groups excluding carboxylic acids is 2. The number of nitrogens with one attached hydrogen (secondary N) is 2. The summed E-state index contributed by atoms with van der Waals surface area (Å²) in [6.45, 7) is 4.01. The maximum Gasteiger partial charge on any atom is 0.226 e. The van der Waals surface area contributed by atoms with Crippen molar-refractivity contribution in [1.29, 1.82) is 0 Å². The minimum absolute atomic E-state index is 0.0446. The predicted molar refractivity (Wildman–Crippen MR) is 161 cm³/mol. The second kappa shape index (κ2) is 15.3. The van der Waals surface area contributed by atoms with Crippen LogP contribution in [0.4, 0.5) is 4.39 Å². The zero-order valence-corrected chi connectivity index (χ0v) is 23.9. The second-order valence-corrected chi connectivity index (χ2v) is 9.88. The Labute approximate surface area is 245 Å². The van der Waals surface area contributed by atoms with Gasteiger partial charge in [0.25, 0.3) is 0 Å². The molecule has 0 bridgehead atoms. The summed E-state index contributed by atoms with van der Waals surface area (Å²) in [5.74, 6) is 1.90. The van der Waals surface area contributed by atoms with Crippen LogP contribution in [0.15, 0.2) is 95.6 Å². The molecule has 2 N–H and O–H groups in total. The molecule has 0 radical (unpaired) electrons. The maximum atomic E-state index is 12.7. The fourth-order valence-electron chi connectivity index (χ4n) is 4.30. The Morgan fingerprint density at radius 1 is 1.00 bits per heavy atom. The smallest absolute Gasteiger partial charge is 0.226 e. The third-order valence-electron chi connectivity index (χ3n) is 6.75. The number of nitrogens with zero attached hydrogens (tertiary/aromatic N) is 1. The van der Waals surface area contributed by atoms with Crippen LogP contribution >= 0.6 is 0 Å². The molecular weight excluding hydrogens is 533 g/mol. The molecule has 4 rings (SSSR count). The number of aromatic nitrogens is 1. The molecule has 8 heteroatoms. The van der Waals surface area contributed by atoms with E-state index in [1.165, 1.54) is 6.08 Å². The van der Waals surface area contributed by atoms with Crippen LogP contribution in [0, 0.1) is 6.92 Å². The number of hydrogen-bond acceptors (Lipinski definition) is 6. The monoisotopic (exact) mass is 569 g/mol. The van der Waals surface area contributed by atoms with Gasteiger partial charge in [-0.05, 0) is 48.7 Å². The lowest BCUT2D eigenvalue weighted by molar-refractivity contribution is -0.120. The van der Waals surface area contributed by atoms with Gasteiger partial charge >= 0.3 is 0 Å². The van der Waals surface area contributed by atoms with E-state index in [0.717, 1.165) is 28.3 Å². The van der Waals surface area contributed by atoms with E-state index in [0.29, 0.717) is 49.4 Å².